The highest BCUT2D eigenvalue weighted by atomic mass is 15.1. The zero-order valence-corrected chi connectivity index (χ0v) is 11.4. The zero-order chi connectivity index (χ0) is 12.4. The normalized spacial score (nSPS) is 20.2. The Kier molecular flexibility index (Phi) is 3.55. The highest BCUT2D eigenvalue weighted by molar-refractivity contribution is 5.51. The molecule has 1 aliphatic heterocycles. The van der Waals surface area contributed by atoms with Crippen LogP contribution in [0.1, 0.15) is 43.2 Å². The topological polar surface area (TPSA) is 15.3 Å². The van der Waals surface area contributed by atoms with Crippen molar-refractivity contribution in [2.24, 2.45) is 0 Å². The van der Waals surface area contributed by atoms with E-state index in [1.807, 2.05) is 0 Å². The smallest absolute Gasteiger partial charge is 0.0369 e. The fourth-order valence-corrected chi connectivity index (χ4v) is 2.77. The van der Waals surface area contributed by atoms with Crippen molar-refractivity contribution in [2.75, 3.05) is 18.0 Å². The molecule has 0 unspecified atom stereocenters. The van der Waals surface area contributed by atoms with Gasteiger partial charge in [0.2, 0.25) is 0 Å². The Balaban J connectivity index is 1.66. The quantitative estimate of drug-likeness (QED) is 0.874. The lowest BCUT2D eigenvalue weighted by atomic mass is 10.1. The second kappa shape index (κ2) is 5.31. The van der Waals surface area contributed by atoms with Gasteiger partial charge in [-0.2, -0.15) is 0 Å². The Morgan fingerprint density at radius 1 is 1.17 bits per heavy atom. The summed E-state index contributed by atoms with van der Waals surface area (Å²) in [6, 6.07) is 7.79. The van der Waals surface area contributed by atoms with Crippen molar-refractivity contribution in [2.45, 2.75) is 51.6 Å². The third-order valence-corrected chi connectivity index (χ3v) is 4.21. The number of hydrogen-bond acceptors (Lipinski definition) is 2. The Labute approximate surface area is 110 Å². The second-order valence-corrected chi connectivity index (χ2v) is 5.81. The van der Waals surface area contributed by atoms with Crippen LogP contribution in [0.5, 0.6) is 0 Å². The van der Waals surface area contributed by atoms with E-state index in [1.165, 1.54) is 62.0 Å². The number of aryl methyl sites for hydroxylation is 1. The van der Waals surface area contributed by atoms with E-state index in [0.717, 1.165) is 12.6 Å². The van der Waals surface area contributed by atoms with Crippen molar-refractivity contribution >= 4 is 5.69 Å². The molecular weight excluding hydrogens is 220 g/mol. The van der Waals surface area contributed by atoms with Crippen molar-refractivity contribution in [3.63, 3.8) is 0 Å². The summed E-state index contributed by atoms with van der Waals surface area (Å²) in [5.74, 6) is 0. The maximum Gasteiger partial charge on any atom is 0.0369 e. The van der Waals surface area contributed by atoms with Gasteiger partial charge in [0, 0.05) is 31.4 Å². The average molecular weight is 244 g/mol. The van der Waals surface area contributed by atoms with Gasteiger partial charge in [-0.3, -0.25) is 0 Å². The first-order valence-electron chi connectivity index (χ1n) is 7.41. The molecule has 1 N–H and O–H groups in total. The summed E-state index contributed by atoms with van der Waals surface area (Å²) in [5, 5.41) is 3.60. The third kappa shape index (κ3) is 2.86. The first-order chi connectivity index (χ1) is 8.83. The highest BCUT2D eigenvalue weighted by Gasteiger charge is 2.20. The predicted octanol–water partition coefficient (Wildman–Crippen LogP) is 3.24. The number of nitrogens with zero attached hydrogens (tertiary/aromatic N) is 1. The number of rotatable bonds is 4. The lowest BCUT2D eigenvalue weighted by Gasteiger charge is -2.29. The van der Waals surface area contributed by atoms with Gasteiger partial charge in [0.1, 0.15) is 0 Å². The Morgan fingerprint density at radius 2 is 1.94 bits per heavy atom. The van der Waals surface area contributed by atoms with E-state index in [9.17, 15) is 0 Å². The number of piperidine rings is 1. The van der Waals surface area contributed by atoms with E-state index >= 15 is 0 Å². The molecule has 1 saturated heterocycles. The molecule has 18 heavy (non-hydrogen) atoms. The summed E-state index contributed by atoms with van der Waals surface area (Å²) in [6.07, 6.45) is 6.84. The molecule has 1 aliphatic carbocycles. The zero-order valence-electron chi connectivity index (χ0n) is 11.4. The van der Waals surface area contributed by atoms with E-state index in [-0.39, 0.29) is 0 Å². The summed E-state index contributed by atoms with van der Waals surface area (Å²) in [5.41, 5.74) is 4.32. The molecule has 1 saturated carbocycles. The summed E-state index contributed by atoms with van der Waals surface area (Å²) in [6.45, 7) is 5.76. The van der Waals surface area contributed by atoms with Gasteiger partial charge in [-0.05, 0) is 62.3 Å². The van der Waals surface area contributed by atoms with Crippen LogP contribution >= 0.6 is 0 Å². The fourth-order valence-electron chi connectivity index (χ4n) is 2.77. The minimum atomic E-state index is 0.797. The lowest BCUT2D eigenvalue weighted by Crippen LogP contribution is -2.29. The van der Waals surface area contributed by atoms with Crippen LogP contribution in [-0.2, 0) is 6.54 Å². The third-order valence-electron chi connectivity index (χ3n) is 4.21. The van der Waals surface area contributed by atoms with Gasteiger partial charge in [-0.1, -0.05) is 6.07 Å². The summed E-state index contributed by atoms with van der Waals surface area (Å²) in [4.78, 5) is 2.54. The van der Waals surface area contributed by atoms with E-state index in [0.29, 0.717) is 0 Å². The van der Waals surface area contributed by atoms with Crippen LogP contribution < -0.4 is 10.2 Å². The first-order valence-corrected chi connectivity index (χ1v) is 7.41. The lowest BCUT2D eigenvalue weighted by molar-refractivity contribution is 0.577. The second-order valence-electron chi connectivity index (χ2n) is 5.81. The molecule has 0 radical (unpaired) electrons. The summed E-state index contributed by atoms with van der Waals surface area (Å²) >= 11 is 0. The molecule has 3 rings (SSSR count). The molecule has 0 spiro atoms. The Hall–Kier alpha value is -1.02. The van der Waals surface area contributed by atoms with Crippen molar-refractivity contribution in [1.82, 2.24) is 5.32 Å². The van der Waals surface area contributed by atoms with Crippen molar-refractivity contribution < 1.29 is 0 Å². The van der Waals surface area contributed by atoms with E-state index in [1.54, 1.807) is 0 Å². The number of benzene rings is 1. The largest absolute Gasteiger partial charge is 0.372 e. The molecule has 2 heteroatoms. The van der Waals surface area contributed by atoms with E-state index in [2.05, 4.69) is 35.3 Å². The Bertz CT molecular complexity index is 404. The van der Waals surface area contributed by atoms with Gasteiger partial charge < -0.3 is 10.2 Å². The molecule has 1 heterocycles. The maximum atomic E-state index is 3.60. The van der Waals surface area contributed by atoms with Gasteiger partial charge in [-0.25, -0.2) is 0 Å². The monoisotopic (exact) mass is 244 g/mol. The molecule has 2 nitrogen and oxygen atoms in total. The van der Waals surface area contributed by atoms with Crippen LogP contribution in [-0.4, -0.2) is 19.1 Å². The number of hydrogen-bond donors (Lipinski definition) is 1. The van der Waals surface area contributed by atoms with Crippen LogP contribution in [0.2, 0.25) is 0 Å². The summed E-state index contributed by atoms with van der Waals surface area (Å²) in [7, 11) is 0. The Morgan fingerprint density at radius 3 is 2.61 bits per heavy atom. The fraction of sp³-hybridized carbons (Fsp3) is 0.625. The van der Waals surface area contributed by atoms with Gasteiger partial charge in [-0.15, -0.1) is 0 Å². The van der Waals surface area contributed by atoms with Crippen molar-refractivity contribution in [1.29, 1.82) is 0 Å². The van der Waals surface area contributed by atoms with Crippen molar-refractivity contribution in [3.8, 4) is 0 Å². The molecular formula is C16H24N2. The molecule has 0 atom stereocenters. The predicted molar refractivity (Wildman–Crippen MR) is 77.1 cm³/mol. The van der Waals surface area contributed by atoms with Crippen LogP contribution in [0.25, 0.3) is 0 Å². The molecule has 2 aliphatic rings. The number of nitrogens with one attached hydrogen (secondary N) is 1. The minimum absolute atomic E-state index is 0.797. The molecule has 0 amide bonds. The maximum absolute atomic E-state index is 3.60. The van der Waals surface area contributed by atoms with Gasteiger partial charge in [0.15, 0.2) is 0 Å². The molecule has 0 aromatic heterocycles. The minimum Gasteiger partial charge on any atom is -0.372 e. The van der Waals surface area contributed by atoms with Crippen LogP contribution in [0.3, 0.4) is 0 Å². The molecule has 1 aromatic rings. The molecule has 98 valence electrons. The summed E-state index contributed by atoms with van der Waals surface area (Å²) < 4.78 is 0. The first kappa shape index (κ1) is 12.0. The molecule has 2 fully saturated rings. The number of anilines is 1. The van der Waals surface area contributed by atoms with Gasteiger partial charge in [0.05, 0.1) is 0 Å². The average Bonchev–Trinajstić information content (AvgIpc) is 3.22. The van der Waals surface area contributed by atoms with Gasteiger partial charge in [0.25, 0.3) is 0 Å². The van der Waals surface area contributed by atoms with Crippen LogP contribution in [0.4, 0.5) is 5.69 Å². The SMILES string of the molecule is Cc1cc(N2CCCCC2)ccc1CNC1CC1. The van der Waals surface area contributed by atoms with Crippen molar-refractivity contribution in [3.05, 3.63) is 29.3 Å². The highest BCUT2D eigenvalue weighted by Crippen LogP contribution is 2.24. The standard InChI is InChI=1S/C16H24N2/c1-13-11-16(18-9-3-2-4-10-18)8-5-14(13)12-17-15-6-7-15/h5,8,11,15,17H,2-4,6-7,9-10,12H2,1H3. The van der Waals surface area contributed by atoms with Gasteiger partial charge >= 0.3 is 0 Å². The van der Waals surface area contributed by atoms with E-state index in [4.69, 9.17) is 0 Å². The van der Waals surface area contributed by atoms with Crippen LogP contribution in [0, 0.1) is 6.92 Å². The molecule has 0 bridgehead atoms. The van der Waals surface area contributed by atoms with E-state index < -0.39 is 0 Å². The molecule has 1 aromatic carbocycles. The van der Waals surface area contributed by atoms with Crippen LogP contribution in [0.15, 0.2) is 18.2 Å².